The molecule has 1 saturated heterocycles. The number of hydrogen-bond acceptors (Lipinski definition) is 3. The molecule has 0 aliphatic carbocycles. The quantitative estimate of drug-likeness (QED) is 0.685. The van der Waals surface area contributed by atoms with Gasteiger partial charge in [-0.05, 0) is 19.8 Å². The van der Waals surface area contributed by atoms with Gasteiger partial charge in [0.25, 0.3) is 0 Å². The third-order valence-corrected chi connectivity index (χ3v) is 3.67. The Morgan fingerprint density at radius 3 is 2.53 bits per heavy atom. The summed E-state index contributed by atoms with van der Waals surface area (Å²) in [5.41, 5.74) is 0. The Bertz CT molecular complexity index is 258. The molecule has 0 amide bonds. The molecule has 0 aromatic heterocycles. The zero-order valence-electron chi connectivity index (χ0n) is 10.4. The van der Waals surface area contributed by atoms with Gasteiger partial charge in [0.15, 0.2) is 0 Å². The Kier molecular flexibility index (Phi) is 3.01. The van der Waals surface area contributed by atoms with Crippen LogP contribution in [0.4, 0.5) is 0 Å². The van der Waals surface area contributed by atoms with Crippen LogP contribution in [0.3, 0.4) is 0 Å². The first-order valence-corrected chi connectivity index (χ1v) is 6.13. The van der Waals surface area contributed by atoms with Crippen LogP contribution in [0.5, 0.6) is 0 Å². The summed E-state index contributed by atoms with van der Waals surface area (Å²) in [6.07, 6.45) is 0. The van der Waals surface area contributed by atoms with Crippen LogP contribution >= 0.6 is 0 Å². The Balaban J connectivity index is 2.01. The van der Waals surface area contributed by atoms with Gasteiger partial charge in [-0.1, -0.05) is 13.8 Å². The highest BCUT2D eigenvalue weighted by Gasteiger charge is 2.34. The zero-order valence-corrected chi connectivity index (χ0v) is 10.4. The van der Waals surface area contributed by atoms with Gasteiger partial charge in [0.2, 0.25) is 0 Å². The van der Waals surface area contributed by atoms with E-state index in [9.17, 15) is 0 Å². The average molecular weight is 209 g/mol. The van der Waals surface area contributed by atoms with Crippen LogP contribution in [0.1, 0.15) is 27.7 Å². The second-order valence-electron chi connectivity index (χ2n) is 5.33. The summed E-state index contributed by atoms with van der Waals surface area (Å²) in [5.74, 6) is 2.05. The van der Waals surface area contributed by atoms with Crippen molar-refractivity contribution in [1.82, 2.24) is 9.80 Å². The van der Waals surface area contributed by atoms with E-state index in [-0.39, 0.29) is 0 Å². The SMILES string of the molecule is CC(C)C1CN=C2CN(C(C)C)CCN21. The highest BCUT2D eigenvalue weighted by molar-refractivity contribution is 5.86. The van der Waals surface area contributed by atoms with Crippen LogP contribution in [-0.2, 0) is 0 Å². The minimum absolute atomic E-state index is 0.646. The molecule has 0 spiro atoms. The number of rotatable bonds is 2. The molecule has 3 nitrogen and oxygen atoms in total. The molecule has 0 bridgehead atoms. The summed E-state index contributed by atoms with van der Waals surface area (Å²) in [7, 11) is 0. The third-order valence-electron chi connectivity index (χ3n) is 3.67. The standard InChI is InChI=1S/C12H23N3/c1-9(2)11-7-13-12-8-14(10(3)4)5-6-15(11)12/h9-11H,5-8H2,1-4H3. The van der Waals surface area contributed by atoms with Gasteiger partial charge < -0.3 is 4.90 Å². The molecular weight excluding hydrogens is 186 g/mol. The lowest BCUT2D eigenvalue weighted by molar-refractivity contribution is 0.165. The molecular formula is C12H23N3. The molecule has 2 aliphatic heterocycles. The van der Waals surface area contributed by atoms with Crippen LogP contribution in [0.2, 0.25) is 0 Å². The molecule has 86 valence electrons. The van der Waals surface area contributed by atoms with Gasteiger partial charge in [0.1, 0.15) is 5.84 Å². The number of piperazine rings is 1. The van der Waals surface area contributed by atoms with Gasteiger partial charge in [0.05, 0.1) is 19.1 Å². The van der Waals surface area contributed by atoms with E-state index in [2.05, 4.69) is 37.5 Å². The van der Waals surface area contributed by atoms with Crippen LogP contribution in [0.25, 0.3) is 0 Å². The first-order chi connectivity index (χ1) is 7.09. The lowest BCUT2D eigenvalue weighted by Gasteiger charge is -2.40. The summed E-state index contributed by atoms with van der Waals surface area (Å²) in [6, 6.07) is 1.31. The van der Waals surface area contributed by atoms with E-state index in [1.54, 1.807) is 0 Å². The van der Waals surface area contributed by atoms with E-state index in [0.29, 0.717) is 12.1 Å². The van der Waals surface area contributed by atoms with Crippen molar-refractivity contribution in [2.45, 2.75) is 39.8 Å². The van der Waals surface area contributed by atoms with Crippen molar-refractivity contribution in [2.75, 3.05) is 26.2 Å². The molecule has 3 heteroatoms. The zero-order chi connectivity index (χ0) is 11.0. The smallest absolute Gasteiger partial charge is 0.114 e. The van der Waals surface area contributed by atoms with E-state index in [4.69, 9.17) is 4.99 Å². The molecule has 0 aromatic carbocycles. The fourth-order valence-electron chi connectivity index (χ4n) is 2.52. The topological polar surface area (TPSA) is 18.8 Å². The molecule has 15 heavy (non-hydrogen) atoms. The maximum atomic E-state index is 4.69. The summed E-state index contributed by atoms with van der Waals surface area (Å²) in [4.78, 5) is 9.74. The average Bonchev–Trinajstić information content (AvgIpc) is 2.59. The van der Waals surface area contributed by atoms with Crippen LogP contribution < -0.4 is 0 Å². The largest absolute Gasteiger partial charge is 0.353 e. The summed E-state index contributed by atoms with van der Waals surface area (Å²) in [6.45, 7) is 13.6. The van der Waals surface area contributed by atoms with Crippen molar-refractivity contribution in [3.05, 3.63) is 0 Å². The maximum absolute atomic E-state index is 4.69. The van der Waals surface area contributed by atoms with Gasteiger partial charge in [0, 0.05) is 19.1 Å². The highest BCUT2D eigenvalue weighted by atomic mass is 15.4. The van der Waals surface area contributed by atoms with Gasteiger partial charge in [-0.25, -0.2) is 0 Å². The summed E-state index contributed by atoms with van der Waals surface area (Å²) >= 11 is 0. The fourth-order valence-corrected chi connectivity index (χ4v) is 2.52. The van der Waals surface area contributed by atoms with E-state index in [0.717, 1.165) is 19.0 Å². The minimum Gasteiger partial charge on any atom is -0.353 e. The third kappa shape index (κ3) is 2.03. The highest BCUT2D eigenvalue weighted by Crippen LogP contribution is 2.21. The Morgan fingerprint density at radius 2 is 1.93 bits per heavy atom. The van der Waals surface area contributed by atoms with Crippen LogP contribution in [-0.4, -0.2) is 53.9 Å². The normalized spacial score (nSPS) is 27.5. The Morgan fingerprint density at radius 1 is 1.20 bits per heavy atom. The number of amidine groups is 1. The second-order valence-corrected chi connectivity index (χ2v) is 5.33. The first-order valence-electron chi connectivity index (χ1n) is 6.13. The molecule has 0 radical (unpaired) electrons. The Labute approximate surface area is 93.2 Å². The van der Waals surface area contributed by atoms with Crippen molar-refractivity contribution in [3.63, 3.8) is 0 Å². The first kappa shape index (κ1) is 10.9. The predicted octanol–water partition coefficient (Wildman–Crippen LogP) is 1.45. The molecule has 1 unspecified atom stereocenters. The number of aliphatic imine (C=N–C) groups is 1. The molecule has 0 aromatic rings. The lowest BCUT2D eigenvalue weighted by atomic mass is 10.0. The summed E-state index contributed by atoms with van der Waals surface area (Å²) in [5, 5.41) is 0. The monoisotopic (exact) mass is 209 g/mol. The van der Waals surface area contributed by atoms with E-state index in [1.165, 1.54) is 18.9 Å². The van der Waals surface area contributed by atoms with Crippen molar-refractivity contribution in [3.8, 4) is 0 Å². The van der Waals surface area contributed by atoms with Gasteiger partial charge in [-0.3, -0.25) is 9.89 Å². The van der Waals surface area contributed by atoms with Crippen molar-refractivity contribution in [1.29, 1.82) is 0 Å². The van der Waals surface area contributed by atoms with Gasteiger partial charge in [-0.15, -0.1) is 0 Å². The van der Waals surface area contributed by atoms with Crippen LogP contribution in [0, 0.1) is 5.92 Å². The number of fused-ring (bicyclic) bond motifs is 1. The maximum Gasteiger partial charge on any atom is 0.114 e. The molecule has 0 saturated carbocycles. The number of nitrogens with zero attached hydrogens (tertiary/aromatic N) is 3. The van der Waals surface area contributed by atoms with E-state index >= 15 is 0 Å². The Hall–Kier alpha value is -0.570. The predicted molar refractivity (Wildman–Crippen MR) is 64.3 cm³/mol. The van der Waals surface area contributed by atoms with Gasteiger partial charge in [-0.2, -0.15) is 0 Å². The molecule has 1 atom stereocenters. The second kappa shape index (κ2) is 4.12. The van der Waals surface area contributed by atoms with Crippen molar-refractivity contribution in [2.24, 2.45) is 10.9 Å². The summed E-state index contributed by atoms with van der Waals surface area (Å²) < 4.78 is 0. The fraction of sp³-hybridized carbons (Fsp3) is 0.917. The van der Waals surface area contributed by atoms with Gasteiger partial charge >= 0.3 is 0 Å². The van der Waals surface area contributed by atoms with Crippen LogP contribution in [0.15, 0.2) is 4.99 Å². The molecule has 2 heterocycles. The van der Waals surface area contributed by atoms with E-state index in [1.807, 2.05) is 0 Å². The van der Waals surface area contributed by atoms with E-state index < -0.39 is 0 Å². The van der Waals surface area contributed by atoms with Crippen molar-refractivity contribution < 1.29 is 0 Å². The number of hydrogen-bond donors (Lipinski definition) is 0. The lowest BCUT2D eigenvalue weighted by Crippen LogP contribution is -2.54. The molecule has 2 rings (SSSR count). The molecule has 0 N–H and O–H groups in total. The van der Waals surface area contributed by atoms with Crippen molar-refractivity contribution >= 4 is 5.84 Å². The molecule has 2 aliphatic rings. The molecule has 1 fully saturated rings. The minimum atomic E-state index is 0.646.